The predicted molar refractivity (Wildman–Crippen MR) is 72.4 cm³/mol. The number of nitrogens with two attached hydrogens (primary N) is 1. The second-order valence-corrected chi connectivity index (χ2v) is 6.46. The number of H-pyrrole nitrogens is 1. The summed E-state index contributed by atoms with van der Waals surface area (Å²) in [5.74, 6) is 1.52. The van der Waals surface area contributed by atoms with Gasteiger partial charge >= 0.3 is 0 Å². The molecule has 0 saturated carbocycles. The summed E-state index contributed by atoms with van der Waals surface area (Å²) in [6, 6.07) is 5.59. The van der Waals surface area contributed by atoms with Gasteiger partial charge in [-0.3, -0.25) is 4.21 Å². The molecule has 1 unspecified atom stereocenters. The summed E-state index contributed by atoms with van der Waals surface area (Å²) in [5.41, 5.74) is 8.27. The van der Waals surface area contributed by atoms with E-state index < -0.39 is 10.8 Å². The van der Waals surface area contributed by atoms with Gasteiger partial charge in [-0.05, 0) is 18.2 Å². The van der Waals surface area contributed by atoms with E-state index in [0.29, 0.717) is 12.2 Å². The summed E-state index contributed by atoms with van der Waals surface area (Å²) in [4.78, 5) is 7.64. The SMILES string of the molecule is CC(C)S(=O)CCc1nc2ccc(N)cc2[nH]1. The van der Waals surface area contributed by atoms with Gasteiger partial charge in [-0.2, -0.15) is 0 Å². The number of hydrogen-bond acceptors (Lipinski definition) is 3. The Morgan fingerprint density at radius 2 is 2.24 bits per heavy atom. The highest BCUT2D eigenvalue weighted by Gasteiger charge is 2.08. The molecule has 2 rings (SSSR count). The molecular weight excluding hydrogens is 234 g/mol. The highest BCUT2D eigenvalue weighted by molar-refractivity contribution is 7.85. The Bertz CT molecular complexity index is 548. The molecule has 0 aliphatic heterocycles. The molecule has 1 aromatic carbocycles. The molecule has 0 aliphatic carbocycles. The molecule has 17 heavy (non-hydrogen) atoms. The number of nitrogens with zero attached hydrogens (tertiary/aromatic N) is 1. The molecule has 4 nitrogen and oxygen atoms in total. The lowest BCUT2D eigenvalue weighted by Crippen LogP contribution is -2.11. The van der Waals surface area contributed by atoms with Crippen LogP contribution in [0, 0.1) is 0 Å². The number of hydrogen-bond donors (Lipinski definition) is 2. The molecule has 0 saturated heterocycles. The minimum atomic E-state index is -0.783. The number of rotatable bonds is 4. The van der Waals surface area contributed by atoms with Crippen LogP contribution in [-0.4, -0.2) is 25.2 Å². The smallest absolute Gasteiger partial charge is 0.108 e. The van der Waals surface area contributed by atoms with Gasteiger partial charge in [0, 0.05) is 33.9 Å². The second-order valence-electron chi connectivity index (χ2n) is 4.34. The minimum absolute atomic E-state index is 0.204. The van der Waals surface area contributed by atoms with E-state index in [1.807, 2.05) is 32.0 Å². The number of fused-ring (bicyclic) bond motifs is 1. The van der Waals surface area contributed by atoms with Crippen LogP contribution in [0.15, 0.2) is 18.2 Å². The average Bonchev–Trinajstić information content (AvgIpc) is 2.67. The zero-order valence-electron chi connectivity index (χ0n) is 10.1. The van der Waals surface area contributed by atoms with Gasteiger partial charge in [0.25, 0.3) is 0 Å². The predicted octanol–water partition coefficient (Wildman–Crippen LogP) is 1.84. The standard InChI is InChI=1S/C12H17N3OS/c1-8(2)17(16)6-5-12-14-10-4-3-9(13)7-11(10)15-12/h3-4,7-8H,5-6,13H2,1-2H3,(H,14,15). The van der Waals surface area contributed by atoms with E-state index >= 15 is 0 Å². The maximum Gasteiger partial charge on any atom is 0.108 e. The Kier molecular flexibility index (Phi) is 3.47. The van der Waals surface area contributed by atoms with Crippen molar-refractivity contribution in [2.24, 2.45) is 0 Å². The third-order valence-corrected chi connectivity index (χ3v) is 4.28. The molecule has 1 heterocycles. The van der Waals surface area contributed by atoms with Crippen molar-refractivity contribution >= 4 is 27.5 Å². The largest absolute Gasteiger partial charge is 0.399 e. The molecular formula is C12H17N3OS. The van der Waals surface area contributed by atoms with Crippen molar-refractivity contribution in [3.05, 3.63) is 24.0 Å². The van der Waals surface area contributed by atoms with E-state index in [2.05, 4.69) is 9.97 Å². The molecule has 3 N–H and O–H groups in total. The third kappa shape index (κ3) is 2.85. The van der Waals surface area contributed by atoms with Gasteiger partial charge in [-0.25, -0.2) is 4.98 Å². The Balaban J connectivity index is 2.12. The van der Waals surface area contributed by atoms with Crippen molar-refractivity contribution in [3.63, 3.8) is 0 Å². The first kappa shape index (κ1) is 12.1. The van der Waals surface area contributed by atoms with Gasteiger partial charge in [-0.15, -0.1) is 0 Å². The zero-order valence-corrected chi connectivity index (χ0v) is 10.9. The van der Waals surface area contributed by atoms with Gasteiger partial charge in [0.05, 0.1) is 11.0 Å². The first-order valence-corrected chi connectivity index (χ1v) is 7.06. The molecule has 1 atom stereocenters. The van der Waals surface area contributed by atoms with E-state index in [0.717, 1.165) is 22.5 Å². The highest BCUT2D eigenvalue weighted by Crippen LogP contribution is 2.15. The Labute approximate surface area is 103 Å². The second kappa shape index (κ2) is 4.87. The van der Waals surface area contributed by atoms with Gasteiger partial charge in [0.2, 0.25) is 0 Å². The van der Waals surface area contributed by atoms with E-state index in [4.69, 9.17) is 5.73 Å². The van der Waals surface area contributed by atoms with Gasteiger partial charge in [-0.1, -0.05) is 13.8 Å². The maximum absolute atomic E-state index is 11.6. The van der Waals surface area contributed by atoms with Crippen LogP contribution in [0.5, 0.6) is 0 Å². The van der Waals surface area contributed by atoms with Crippen molar-refractivity contribution in [3.8, 4) is 0 Å². The van der Waals surface area contributed by atoms with Crippen LogP contribution >= 0.6 is 0 Å². The topological polar surface area (TPSA) is 71.8 Å². The van der Waals surface area contributed by atoms with Crippen molar-refractivity contribution in [2.75, 3.05) is 11.5 Å². The number of aromatic amines is 1. The Morgan fingerprint density at radius 3 is 2.94 bits per heavy atom. The van der Waals surface area contributed by atoms with Crippen LogP contribution in [0.1, 0.15) is 19.7 Å². The lowest BCUT2D eigenvalue weighted by molar-refractivity contribution is 0.675. The van der Waals surface area contributed by atoms with Gasteiger partial charge in [0.1, 0.15) is 5.82 Å². The summed E-state index contributed by atoms with van der Waals surface area (Å²) < 4.78 is 11.6. The molecule has 0 aliphatic rings. The highest BCUT2D eigenvalue weighted by atomic mass is 32.2. The van der Waals surface area contributed by atoms with Crippen molar-refractivity contribution in [1.29, 1.82) is 0 Å². The number of imidazole rings is 1. The van der Waals surface area contributed by atoms with Crippen molar-refractivity contribution in [2.45, 2.75) is 25.5 Å². The number of nitrogen functional groups attached to an aromatic ring is 1. The van der Waals surface area contributed by atoms with Crippen LogP contribution in [0.25, 0.3) is 11.0 Å². The summed E-state index contributed by atoms with van der Waals surface area (Å²) in [7, 11) is -0.783. The molecule has 0 radical (unpaired) electrons. The lowest BCUT2D eigenvalue weighted by Gasteiger charge is -2.02. The molecule has 0 amide bonds. The third-order valence-electron chi connectivity index (χ3n) is 2.62. The molecule has 2 aromatic rings. The Hall–Kier alpha value is -1.36. The van der Waals surface area contributed by atoms with E-state index in [9.17, 15) is 4.21 Å². The normalized spacial score (nSPS) is 13.4. The Morgan fingerprint density at radius 1 is 1.47 bits per heavy atom. The molecule has 5 heteroatoms. The van der Waals surface area contributed by atoms with E-state index in [-0.39, 0.29) is 5.25 Å². The fourth-order valence-corrected chi connectivity index (χ4v) is 2.50. The lowest BCUT2D eigenvalue weighted by atomic mass is 10.3. The van der Waals surface area contributed by atoms with Crippen molar-refractivity contribution < 1.29 is 4.21 Å². The minimum Gasteiger partial charge on any atom is -0.399 e. The fraction of sp³-hybridized carbons (Fsp3) is 0.417. The monoisotopic (exact) mass is 251 g/mol. The first-order valence-electron chi connectivity index (χ1n) is 5.67. The fourth-order valence-electron chi connectivity index (χ4n) is 1.63. The van der Waals surface area contributed by atoms with Gasteiger partial charge < -0.3 is 10.7 Å². The van der Waals surface area contributed by atoms with Crippen LogP contribution in [0.4, 0.5) is 5.69 Å². The van der Waals surface area contributed by atoms with Crippen LogP contribution in [0.2, 0.25) is 0 Å². The molecule has 92 valence electrons. The van der Waals surface area contributed by atoms with Crippen molar-refractivity contribution in [1.82, 2.24) is 9.97 Å². The maximum atomic E-state index is 11.6. The number of aromatic nitrogens is 2. The number of benzene rings is 1. The molecule has 0 spiro atoms. The molecule has 0 fully saturated rings. The number of anilines is 1. The molecule has 0 bridgehead atoms. The summed E-state index contributed by atoms with van der Waals surface area (Å²) >= 11 is 0. The number of aryl methyl sites for hydroxylation is 1. The van der Waals surface area contributed by atoms with Crippen LogP contribution in [-0.2, 0) is 17.2 Å². The molecule has 1 aromatic heterocycles. The van der Waals surface area contributed by atoms with Crippen LogP contribution < -0.4 is 5.73 Å². The number of nitrogens with one attached hydrogen (secondary N) is 1. The van der Waals surface area contributed by atoms with E-state index in [1.54, 1.807) is 0 Å². The van der Waals surface area contributed by atoms with E-state index in [1.165, 1.54) is 0 Å². The summed E-state index contributed by atoms with van der Waals surface area (Å²) in [6.45, 7) is 3.94. The zero-order chi connectivity index (χ0) is 12.4. The summed E-state index contributed by atoms with van der Waals surface area (Å²) in [6.07, 6.45) is 0.708. The quantitative estimate of drug-likeness (QED) is 0.814. The summed E-state index contributed by atoms with van der Waals surface area (Å²) in [5, 5.41) is 0.204. The average molecular weight is 251 g/mol. The van der Waals surface area contributed by atoms with Crippen LogP contribution in [0.3, 0.4) is 0 Å². The van der Waals surface area contributed by atoms with Gasteiger partial charge in [0.15, 0.2) is 0 Å². The first-order chi connectivity index (χ1) is 8.06.